The molecule has 4 N–H and O–H groups in total. The van der Waals surface area contributed by atoms with Crippen molar-refractivity contribution in [1.82, 2.24) is 4.72 Å². The first-order chi connectivity index (χ1) is 9.97. The Bertz CT molecular complexity index is 753. The lowest BCUT2D eigenvalue weighted by Gasteiger charge is -2.05. The van der Waals surface area contributed by atoms with Crippen molar-refractivity contribution in [3.8, 4) is 0 Å². The van der Waals surface area contributed by atoms with Crippen LogP contribution >= 0.6 is 0 Å². The third-order valence-electron chi connectivity index (χ3n) is 2.55. The summed E-state index contributed by atoms with van der Waals surface area (Å²) in [6.45, 7) is 0. The molecule has 0 unspecified atom stereocenters. The first-order valence-electron chi connectivity index (χ1n) is 6.03. The second-order valence-electron chi connectivity index (χ2n) is 4.18. The lowest BCUT2D eigenvalue weighted by molar-refractivity contribution is 0.592. The smallest absolute Gasteiger partial charge is 0.264 e. The molecule has 2 aromatic carbocycles. The van der Waals surface area contributed by atoms with Gasteiger partial charge >= 0.3 is 0 Å². The maximum atomic E-state index is 11.8. The molecule has 0 radical (unpaired) electrons. The van der Waals surface area contributed by atoms with Gasteiger partial charge in [-0.05, 0) is 29.8 Å². The van der Waals surface area contributed by atoms with Crippen LogP contribution in [0.4, 0.5) is 5.69 Å². The molecule has 0 aliphatic heterocycles. The summed E-state index contributed by atoms with van der Waals surface area (Å²) in [5.41, 5.74) is 6.60. The largest absolute Gasteiger partial charge is 0.369 e. The summed E-state index contributed by atoms with van der Waals surface area (Å²) in [7, 11) is -3.79. The Labute approximate surface area is 122 Å². The number of nitrogens with one attached hydrogen (secondary N) is 2. The van der Waals surface area contributed by atoms with Crippen LogP contribution in [0.1, 0.15) is 5.56 Å². The second kappa shape index (κ2) is 6.19. The van der Waals surface area contributed by atoms with Crippen LogP contribution in [0.2, 0.25) is 0 Å². The molecular formula is C14H14N4O2S. The van der Waals surface area contributed by atoms with Crippen molar-refractivity contribution >= 4 is 27.9 Å². The van der Waals surface area contributed by atoms with Crippen molar-refractivity contribution in [2.24, 2.45) is 10.7 Å². The molecule has 0 saturated heterocycles. The summed E-state index contributed by atoms with van der Waals surface area (Å²) in [4.78, 5) is 4.28. The summed E-state index contributed by atoms with van der Waals surface area (Å²) in [6.07, 6.45) is 1.69. The molecule has 21 heavy (non-hydrogen) atoms. The zero-order chi connectivity index (χ0) is 15.3. The molecule has 2 aromatic rings. The number of nitrogens with zero attached hydrogens (tertiary/aromatic N) is 1. The fourth-order valence-electron chi connectivity index (χ4n) is 1.60. The van der Waals surface area contributed by atoms with Gasteiger partial charge in [-0.15, -0.1) is 0 Å². The topological polar surface area (TPSA) is 108 Å². The van der Waals surface area contributed by atoms with Crippen LogP contribution in [0.25, 0.3) is 0 Å². The number of sulfonamides is 1. The standard InChI is InChI=1S/C14H14N4O2S/c15-14(16)18-21(19,20)13-8-6-12(7-9-13)17-10-11-4-2-1-3-5-11/h1-10H,(H4,15,16,18). The molecule has 6 nitrogen and oxygen atoms in total. The van der Waals surface area contributed by atoms with Crippen molar-refractivity contribution < 1.29 is 8.42 Å². The maximum Gasteiger partial charge on any atom is 0.264 e. The lowest BCUT2D eigenvalue weighted by atomic mass is 10.2. The van der Waals surface area contributed by atoms with E-state index in [4.69, 9.17) is 11.1 Å². The first-order valence-corrected chi connectivity index (χ1v) is 7.52. The predicted octanol–water partition coefficient (Wildman–Crippen LogP) is 1.61. The van der Waals surface area contributed by atoms with E-state index in [1.54, 1.807) is 18.3 Å². The highest BCUT2D eigenvalue weighted by Gasteiger charge is 2.13. The Morgan fingerprint density at radius 2 is 1.71 bits per heavy atom. The fourth-order valence-corrected chi connectivity index (χ4v) is 2.50. The van der Waals surface area contributed by atoms with Crippen LogP contribution in [0, 0.1) is 5.41 Å². The van der Waals surface area contributed by atoms with Crippen molar-refractivity contribution in [2.75, 3.05) is 0 Å². The number of hydrogen-bond acceptors (Lipinski definition) is 4. The molecule has 0 spiro atoms. The van der Waals surface area contributed by atoms with E-state index in [1.165, 1.54) is 12.1 Å². The van der Waals surface area contributed by atoms with E-state index in [9.17, 15) is 8.42 Å². The molecule has 7 heteroatoms. The van der Waals surface area contributed by atoms with Gasteiger partial charge in [-0.1, -0.05) is 30.3 Å². The van der Waals surface area contributed by atoms with E-state index in [0.29, 0.717) is 5.69 Å². The van der Waals surface area contributed by atoms with Crippen LogP contribution in [0.5, 0.6) is 0 Å². The van der Waals surface area contributed by atoms with E-state index in [2.05, 4.69) is 4.99 Å². The molecule has 2 rings (SSSR count). The fraction of sp³-hybridized carbons (Fsp3) is 0. The minimum Gasteiger partial charge on any atom is -0.369 e. The van der Waals surface area contributed by atoms with Crippen LogP contribution < -0.4 is 10.5 Å². The highest BCUT2D eigenvalue weighted by Crippen LogP contribution is 2.16. The number of aliphatic imine (C=N–C) groups is 1. The molecule has 0 aromatic heterocycles. The molecule has 0 saturated carbocycles. The highest BCUT2D eigenvalue weighted by atomic mass is 32.2. The van der Waals surface area contributed by atoms with Crippen LogP contribution in [-0.4, -0.2) is 20.6 Å². The summed E-state index contributed by atoms with van der Waals surface area (Å²) in [6, 6.07) is 15.5. The Morgan fingerprint density at radius 3 is 2.29 bits per heavy atom. The van der Waals surface area contributed by atoms with Gasteiger partial charge < -0.3 is 5.73 Å². The molecule has 0 aliphatic carbocycles. The van der Waals surface area contributed by atoms with Crippen LogP contribution in [0.3, 0.4) is 0 Å². The van der Waals surface area contributed by atoms with Gasteiger partial charge in [0.2, 0.25) is 0 Å². The van der Waals surface area contributed by atoms with E-state index < -0.39 is 16.0 Å². The van der Waals surface area contributed by atoms with Gasteiger partial charge in [0.15, 0.2) is 5.96 Å². The average molecular weight is 302 g/mol. The molecular weight excluding hydrogens is 288 g/mol. The van der Waals surface area contributed by atoms with Gasteiger partial charge in [0, 0.05) is 6.21 Å². The third-order valence-corrected chi connectivity index (χ3v) is 3.94. The van der Waals surface area contributed by atoms with Crippen molar-refractivity contribution in [3.63, 3.8) is 0 Å². The minimum atomic E-state index is -3.79. The quantitative estimate of drug-likeness (QED) is 0.589. The minimum absolute atomic E-state index is 0.0244. The second-order valence-corrected chi connectivity index (χ2v) is 5.86. The first kappa shape index (κ1) is 14.7. The third kappa shape index (κ3) is 4.15. The number of nitrogens with two attached hydrogens (primary N) is 1. The van der Waals surface area contributed by atoms with Gasteiger partial charge in [-0.2, -0.15) is 0 Å². The Morgan fingerprint density at radius 1 is 1.10 bits per heavy atom. The zero-order valence-corrected chi connectivity index (χ0v) is 11.8. The molecule has 0 amide bonds. The Kier molecular flexibility index (Phi) is 4.34. The van der Waals surface area contributed by atoms with Crippen molar-refractivity contribution in [2.45, 2.75) is 4.90 Å². The van der Waals surface area contributed by atoms with E-state index in [-0.39, 0.29) is 4.90 Å². The normalized spacial score (nSPS) is 11.4. The molecule has 0 bridgehead atoms. The predicted molar refractivity (Wildman–Crippen MR) is 82.4 cm³/mol. The molecule has 0 atom stereocenters. The van der Waals surface area contributed by atoms with Gasteiger partial charge in [0.1, 0.15) is 0 Å². The highest BCUT2D eigenvalue weighted by molar-refractivity contribution is 7.90. The number of benzene rings is 2. The zero-order valence-electron chi connectivity index (χ0n) is 11.0. The molecule has 0 aliphatic rings. The number of rotatable bonds is 4. The van der Waals surface area contributed by atoms with Crippen molar-refractivity contribution in [3.05, 3.63) is 60.2 Å². The van der Waals surface area contributed by atoms with Gasteiger partial charge in [0.05, 0.1) is 10.6 Å². The average Bonchev–Trinajstić information content (AvgIpc) is 2.45. The summed E-state index contributed by atoms with van der Waals surface area (Å²) in [5, 5.41) is 6.97. The summed E-state index contributed by atoms with van der Waals surface area (Å²) >= 11 is 0. The van der Waals surface area contributed by atoms with Crippen LogP contribution in [0.15, 0.2) is 64.5 Å². The Hall–Kier alpha value is -2.67. The lowest BCUT2D eigenvalue weighted by Crippen LogP contribution is -2.35. The molecule has 108 valence electrons. The molecule has 0 fully saturated rings. The van der Waals surface area contributed by atoms with E-state index in [0.717, 1.165) is 5.56 Å². The number of guanidine groups is 1. The van der Waals surface area contributed by atoms with E-state index >= 15 is 0 Å². The van der Waals surface area contributed by atoms with Crippen LogP contribution in [-0.2, 0) is 10.0 Å². The molecule has 0 heterocycles. The van der Waals surface area contributed by atoms with Gasteiger partial charge in [0.25, 0.3) is 10.0 Å². The Balaban J connectivity index is 2.16. The maximum absolute atomic E-state index is 11.8. The number of hydrogen-bond donors (Lipinski definition) is 3. The summed E-state index contributed by atoms with van der Waals surface area (Å²) < 4.78 is 25.4. The van der Waals surface area contributed by atoms with Crippen molar-refractivity contribution in [1.29, 1.82) is 5.41 Å². The summed E-state index contributed by atoms with van der Waals surface area (Å²) in [5.74, 6) is -0.624. The van der Waals surface area contributed by atoms with Gasteiger partial charge in [-0.3, -0.25) is 10.4 Å². The van der Waals surface area contributed by atoms with E-state index in [1.807, 2.05) is 35.1 Å². The monoisotopic (exact) mass is 302 g/mol. The van der Waals surface area contributed by atoms with Gasteiger partial charge in [-0.25, -0.2) is 13.1 Å². The SMILES string of the molecule is N=C(N)NS(=O)(=O)c1ccc(N=Cc2ccccc2)cc1.